The molecule has 0 unspecified atom stereocenters. The number of ether oxygens (including phenoxy) is 2. The van der Waals surface area contributed by atoms with E-state index in [4.69, 9.17) is 14.5 Å². The maximum atomic E-state index is 9.82. The van der Waals surface area contributed by atoms with Gasteiger partial charge in [0.25, 0.3) is 0 Å². The molecule has 0 amide bonds. The van der Waals surface area contributed by atoms with E-state index in [9.17, 15) is 5.11 Å². The Hall–Kier alpha value is -2.93. The number of hydrogen-bond acceptors (Lipinski definition) is 6. The number of fused-ring (bicyclic) bond motifs is 1. The first kappa shape index (κ1) is 23.8. The van der Waals surface area contributed by atoms with Gasteiger partial charge in [0.1, 0.15) is 18.2 Å². The Balaban J connectivity index is 1.40. The van der Waals surface area contributed by atoms with E-state index in [0.29, 0.717) is 13.2 Å². The summed E-state index contributed by atoms with van der Waals surface area (Å²) < 4.78 is 11.9. The van der Waals surface area contributed by atoms with Crippen LogP contribution < -0.4 is 15.0 Å². The van der Waals surface area contributed by atoms with Crippen LogP contribution in [-0.2, 0) is 24.3 Å². The molecule has 0 spiro atoms. The number of hydrogen-bond donors (Lipinski definition) is 2. The summed E-state index contributed by atoms with van der Waals surface area (Å²) in [6.45, 7) is 6.18. The van der Waals surface area contributed by atoms with Crippen molar-refractivity contribution in [3.63, 3.8) is 0 Å². The highest BCUT2D eigenvalue weighted by Gasteiger charge is 2.34. The van der Waals surface area contributed by atoms with Crippen LogP contribution in [0.5, 0.6) is 5.75 Å². The van der Waals surface area contributed by atoms with Crippen LogP contribution >= 0.6 is 0 Å². The van der Waals surface area contributed by atoms with Crippen LogP contribution in [0.2, 0.25) is 0 Å². The molecular weight excluding hydrogens is 438 g/mol. The van der Waals surface area contributed by atoms with Crippen molar-refractivity contribution in [2.24, 2.45) is 5.92 Å². The topological polar surface area (TPSA) is 66.9 Å². The summed E-state index contributed by atoms with van der Waals surface area (Å²) in [5, 5.41) is 13.3. The quantitative estimate of drug-likeness (QED) is 0.513. The van der Waals surface area contributed by atoms with Crippen LogP contribution in [0.3, 0.4) is 0 Å². The molecule has 3 heterocycles. The molecule has 2 atom stereocenters. The molecule has 5 rings (SSSR count). The minimum Gasteiger partial charge on any atom is -0.488 e. The number of methoxy groups -OCH3 is 1. The fraction of sp³-hybridized carbons (Fsp3) is 0.414. The SMILES string of the molecule is COC[C@@H]1[C@H](CO)CCN1c1cccc(-c2cccc(C)c2OCc2ccc3c(c2)CNCC3)n1. The van der Waals surface area contributed by atoms with Gasteiger partial charge >= 0.3 is 0 Å². The van der Waals surface area contributed by atoms with Crippen molar-refractivity contribution < 1.29 is 14.6 Å². The van der Waals surface area contributed by atoms with E-state index in [0.717, 1.165) is 60.9 Å². The minimum absolute atomic E-state index is 0.125. The number of nitrogens with one attached hydrogen (secondary N) is 1. The number of aromatic nitrogens is 1. The number of pyridine rings is 1. The van der Waals surface area contributed by atoms with Gasteiger partial charge in [-0.25, -0.2) is 4.98 Å². The molecule has 2 aliphatic rings. The highest BCUT2D eigenvalue weighted by atomic mass is 16.5. The highest BCUT2D eigenvalue weighted by Crippen LogP contribution is 2.35. The molecule has 6 nitrogen and oxygen atoms in total. The number of anilines is 1. The first-order valence-electron chi connectivity index (χ1n) is 12.6. The third-order valence-corrected chi connectivity index (χ3v) is 7.31. The molecule has 35 heavy (non-hydrogen) atoms. The highest BCUT2D eigenvalue weighted by molar-refractivity contribution is 5.70. The van der Waals surface area contributed by atoms with E-state index in [-0.39, 0.29) is 18.6 Å². The Morgan fingerprint density at radius 2 is 2.00 bits per heavy atom. The van der Waals surface area contributed by atoms with E-state index in [2.05, 4.69) is 59.6 Å². The lowest BCUT2D eigenvalue weighted by Gasteiger charge is -2.28. The maximum absolute atomic E-state index is 9.82. The van der Waals surface area contributed by atoms with E-state index in [1.54, 1.807) is 7.11 Å². The van der Waals surface area contributed by atoms with Gasteiger partial charge < -0.3 is 24.8 Å². The van der Waals surface area contributed by atoms with E-state index in [1.807, 2.05) is 12.1 Å². The van der Waals surface area contributed by atoms with E-state index >= 15 is 0 Å². The Morgan fingerprint density at radius 3 is 2.86 bits per heavy atom. The Morgan fingerprint density at radius 1 is 1.11 bits per heavy atom. The summed E-state index contributed by atoms with van der Waals surface area (Å²) in [4.78, 5) is 7.31. The second kappa shape index (κ2) is 10.8. The second-order valence-corrected chi connectivity index (χ2v) is 9.60. The van der Waals surface area contributed by atoms with Gasteiger partial charge in [-0.1, -0.05) is 36.4 Å². The molecule has 0 saturated carbocycles. The minimum atomic E-state index is 0.125. The monoisotopic (exact) mass is 473 g/mol. The zero-order valence-corrected chi connectivity index (χ0v) is 20.7. The molecule has 2 aliphatic heterocycles. The number of aliphatic hydroxyl groups is 1. The first-order chi connectivity index (χ1) is 17.2. The lowest BCUT2D eigenvalue weighted by molar-refractivity contribution is 0.138. The molecule has 0 aliphatic carbocycles. The number of rotatable bonds is 8. The van der Waals surface area contributed by atoms with Crippen LogP contribution in [0.1, 0.15) is 28.7 Å². The van der Waals surface area contributed by atoms with Gasteiger partial charge in [0, 0.05) is 38.3 Å². The molecule has 184 valence electrons. The third kappa shape index (κ3) is 5.06. The average molecular weight is 474 g/mol. The largest absolute Gasteiger partial charge is 0.488 e. The molecule has 2 aromatic carbocycles. The molecule has 1 aromatic heterocycles. The van der Waals surface area contributed by atoms with Crippen molar-refractivity contribution in [1.82, 2.24) is 10.3 Å². The predicted octanol–water partition coefficient (Wildman–Crippen LogP) is 4.12. The first-order valence-corrected chi connectivity index (χ1v) is 12.6. The number of para-hydroxylation sites is 1. The second-order valence-electron chi connectivity index (χ2n) is 9.60. The lowest BCUT2D eigenvalue weighted by atomic mass is 9.99. The number of aryl methyl sites for hydroxylation is 1. The van der Waals surface area contributed by atoms with Gasteiger partial charge in [-0.15, -0.1) is 0 Å². The van der Waals surface area contributed by atoms with Gasteiger partial charge in [0.15, 0.2) is 0 Å². The van der Waals surface area contributed by atoms with Crippen molar-refractivity contribution in [1.29, 1.82) is 0 Å². The van der Waals surface area contributed by atoms with Crippen LogP contribution in [0.25, 0.3) is 11.3 Å². The van der Waals surface area contributed by atoms with Crippen LogP contribution in [0.4, 0.5) is 5.82 Å². The van der Waals surface area contributed by atoms with Gasteiger partial charge in [0.05, 0.1) is 18.3 Å². The molecule has 6 heteroatoms. The molecule has 3 aromatic rings. The molecule has 0 radical (unpaired) electrons. The molecule has 1 fully saturated rings. The van der Waals surface area contributed by atoms with Crippen molar-refractivity contribution in [2.45, 2.75) is 39.0 Å². The van der Waals surface area contributed by atoms with Gasteiger partial charge in [-0.3, -0.25) is 0 Å². The molecular formula is C29H35N3O3. The maximum Gasteiger partial charge on any atom is 0.132 e. The Labute approximate surface area is 207 Å². The zero-order valence-electron chi connectivity index (χ0n) is 20.7. The Bertz CT molecular complexity index is 1170. The number of nitrogens with zero attached hydrogens (tertiary/aromatic N) is 2. The summed E-state index contributed by atoms with van der Waals surface area (Å²) in [6, 6.07) is 19.2. The number of aliphatic hydroxyl groups excluding tert-OH is 1. The zero-order chi connectivity index (χ0) is 24.2. The van der Waals surface area contributed by atoms with Crippen molar-refractivity contribution in [2.75, 3.05) is 38.3 Å². The Kier molecular flexibility index (Phi) is 7.32. The molecule has 0 bridgehead atoms. The smallest absolute Gasteiger partial charge is 0.132 e. The van der Waals surface area contributed by atoms with Crippen molar-refractivity contribution in [3.05, 3.63) is 76.9 Å². The number of benzene rings is 2. The average Bonchev–Trinajstić information content (AvgIpc) is 3.30. The summed E-state index contributed by atoms with van der Waals surface area (Å²) >= 11 is 0. The van der Waals surface area contributed by atoms with Gasteiger partial charge in [-0.2, -0.15) is 0 Å². The summed E-state index contributed by atoms with van der Waals surface area (Å²) in [6.07, 6.45) is 2.02. The summed E-state index contributed by atoms with van der Waals surface area (Å²) in [5.41, 5.74) is 6.95. The predicted molar refractivity (Wildman–Crippen MR) is 139 cm³/mol. The van der Waals surface area contributed by atoms with E-state index in [1.165, 1.54) is 16.7 Å². The van der Waals surface area contributed by atoms with Gasteiger partial charge in [0.2, 0.25) is 0 Å². The van der Waals surface area contributed by atoms with Gasteiger partial charge in [-0.05, 0) is 66.8 Å². The fourth-order valence-corrected chi connectivity index (χ4v) is 5.37. The normalized spacial score (nSPS) is 19.6. The summed E-state index contributed by atoms with van der Waals surface area (Å²) in [7, 11) is 1.71. The molecule has 2 N–H and O–H groups in total. The third-order valence-electron chi connectivity index (χ3n) is 7.31. The van der Waals surface area contributed by atoms with Crippen LogP contribution in [0.15, 0.2) is 54.6 Å². The van der Waals surface area contributed by atoms with E-state index < -0.39 is 0 Å². The van der Waals surface area contributed by atoms with Crippen molar-refractivity contribution in [3.8, 4) is 17.0 Å². The molecule has 1 saturated heterocycles. The van der Waals surface area contributed by atoms with Crippen molar-refractivity contribution >= 4 is 5.82 Å². The standard InChI is InChI=1S/C29H35N3O3/c1-20-5-3-6-25(29(20)35-18-21-9-10-22-11-13-30-16-24(22)15-21)26-7-4-8-28(31-26)32-14-12-23(17-33)27(32)19-34-2/h3-10,15,23,27,30,33H,11-14,16-19H2,1-2H3/t23-,27+/m0/s1. The summed E-state index contributed by atoms with van der Waals surface area (Å²) in [5.74, 6) is 1.98. The van der Waals surface area contributed by atoms with Crippen LogP contribution in [-0.4, -0.2) is 49.5 Å². The lowest BCUT2D eigenvalue weighted by Crippen LogP contribution is -2.38. The fourth-order valence-electron chi connectivity index (χ4n) is 5.37. The van der Waals surface area contributed by atoms with Crippen LogP contribution in [0, 0.1) is 12.8 Å².